The summed E-state index contributed by atoms with van der Waals surface area (Å²) in [7, 11) is 0. The van der Waals surface area contributed by atoms with Gasteiger partial charge in [-0.05, 0) is 144 Å². The van der Waals surface area contributed by atoms with Crippen molar-refractivity contribution in [3.05, 3.63) is 255 Å². The number of fused-ring (bicyclic) bond motifs is 9. The topological polar surface area (TPSA) is 9.86 Å². The molecule has 0 bridgehead atoms. The van der Waals surface area contributed by atoms with Gasteiger partial charge in [-0.15, -0.1) is 0 Å². The van der Waals surface area contributed by atoms with E-state index < -0.39 is 0 Å². The number of aromatic nitrogens is 2. The van der Waals surface area contributed by atoms with Crippen molar-refractivity contribution in [2.24, 2.45) is 0 Å². The molecule has 14 aromatic rings. The van der Waals surface area contributed by atoms with Crippen LogP contribution in [0.1, 0.15) is 0 Å². The van der Waals surface area contributed by atoms with Crippen LogP contribution in [0.15, 0.2) is 255 Å². The molecule has 2 heteroatoms. The van der Waals surface area contributed by atoms with Crippen LogP contribution in [0, 0.1) is 0 Å². The van der Waals surface area contributed by atoms with Crippen molar-refractivity contribution in [1.82, 2.24) is 9.13 Å². The van der Waals surface area contributed by atoms with Gasteiger partial charge in [0, 0.05) is 32.9 Å². The van der Waals surface area contributed by atoms with Gasteiger partial charge in [0.25, 0.3) is 0 Å². The fourth-order valence-electron chi connectivity index (χ4n) is 11.4. The van der Waals surface area contributed by atoms with Crippen LogP contribution in [0.2, 0.25) is 0 Å². The van der Waals surface area contributed by atoms with Crippen LogP contribution >= 0.6 is 0 Å². The lowest BCUT2D eigenvalue weighted by atomic mass is 9.83. The van der Waals surface area contributed by atoms with Crippen LogP contribution in [0.3, 0.4) is 0 Å². The van der Waals surface area contributed by atoms with Crippen LogP contribution in [0.4, 0.5) is 0 Å². The first-order chi connectivity index (χ1) is 33.8. The Balaban J connectivity index is 1.14. The van der Waals surface area contributed by atoms with Gasteiger partial charge in [0.1, 0.15) is 0 Å². The fraction of sp³-hybridized carbons (Fsp3) is 0. The lowest BCUT2D eigenvalue weighted by molar-refractivity contribution is 1.18. The van der Waals surface area contributed by atoms with E-state index in [1.165, 1.54) is 120 Å². The Morgan fingerprint density at radius 2 is 0.632 bits per heavy atom. The first-order valence-corrected chi connectivity index (χ1v) is 23.5. The summed E-state index contributed by atoms with van der Waals surface area (Å²) >= 11 is 0. The highest BCUT2D eigenvalue weighted by Gasteiger charge is 2.23. The van der Waals surface area contributed by atoms with Crippen molar-refractivity contribution in [1.29, 1.82) is 0 Å². The molecule has 0 unspecified atom stereocenters. The lowest BCUT2D eigenvalue weighted by Gasteiger charge is -2.20. The number of hydrogen-bond donors (Lipinski definition) is 0. The molecule has 0 N–H and O–H groups in total. The average molecular weight is 863 g/mol. The highest BCUT2D eigenvalue weighted by atomic mass is 15.0. The molecular formula is C66H42N2. The molecule has 0 spiro atoms. The summed E-state index contributed by atoms with van der Waals surface area (Å²) < 4.78 is 4.85. The summed E-state index contributed by atoms with van der Waals surface area (Å²) in [6.45, 7) is 0. The quantitative estimate of drug-likeness (QED) is 0.147. The largest absolute Gasteiger partial charge is 0.309 e. The van der Waals surface area contributed by atoms with Gasteiger partial charge in [-0.25, -0.2) is 0 Å². The third-order valence-electron chi connectivity index (χ3n) is 14.3. The highest BCUT2D eigenvalue weighted by Crippen LogP contribution is 2.49. The minimum Gasteiger partial charge on any atom is -0.309 e. The van der Waals surface area contributed by atoms with Crippen molar-refractivity contribution < 1.29 is 0 Å². The summed E-state index contributed by atoms with van der Waals surface area (Å²) in [6, 6.07) is 94.0. The zero-order valence-corrected chi connectivity index (χ0v) is 37.1. The van der Waals surface area contributed by atoms with E-state index in [4.69, 9.17) is 0 Å². The third-order valence-corrected chi connectivity index (χ3v) is 14.3. The molecule has 316 valence electrons. The van der Waals surface area contributed by atoms with Gasteiger partial charge in [-0.2, -0.15) is 0 Å². The normalized spacial score (nSPS) is 11.8. The van der Waals surface area contributed by atoms with Crippen molar-refractivity contribution in [2.45, 2.75) is 0 Å². The van der Waals surface area contributed by atoms with E-state index in [0.29, 0.717) is 0 Å². The Morgan fingerprint density at radius 1 is 0.221 bits per heavy atom. The molecule has 2 nitrogen and oxygen atoms in total. The van der Waals surface area contributed by atoms with Crippen LogP contribution in [0.25, 0.3) is 132 Å². The molecule has 0 radical (unpaired) electrons. The van der Waals surface area contributed by atoms with Crippen LogP contribution in [-0.4, -0.2) is 9.13 Å². The highest BCUT2D eigenvalue weighted by molar-refractivity contribution is 6.26. The molecule has 12 aromatic carbocycles. The van der Waals surface area contributed by atoms with Crippen LogP contribution in [-0.2, 0) is 0 Å². The van der Waals surface area contributed by atoms with Crippen LogP contribution in [0.5, 0.6) is 0 Å². The second kappa shape index (κ2) is 15.3. The van der Waals surface area contributed by atoms with E-state index in [1.807, 2.05) is 0 Å². The molecule has 68 heavy (non-hydrogen) atoms. The lowest BCUT2D eigenvalue weighted by Crippen LogP contribution is -1.94. The molecule has 0 atom stereocenters. The number of para-hydroxylation sites is 4. The monoisotopic (exact) mass is 862 g/mol. The predicted molar refractivity (Wildman–Crippen MR) is 289 cm³/mol. The van der Waals surface area contributed by atoms with Crippen molar-refractivity contribution in [3.8, 4) is 55.9 Å². The van der Waals surface area contributed by atoms with Gasteiger partial charge >= 0.3 is 0 Å². The van der Waals surface area contributed by atoms with Crippen molar-refractivity contribution >= 4 is 75.9 Å². The van der Waals surface area contributed by atoms with Gasteiger partial charge in [-0.1, -0.05) is 188 Å². The zero-order valence-electron chi connectivity index (χ0n) is 37.1. The van der Waals surface area contributed by atoms with Gasteiger partial charge < -0.3 is 9.13 Å². The molecule has 0 aliphatic heterocycles. The Bertz CT molecular complexity index is 4080. The maximum atomic E-state index is 2.51. The number of rotatable bonds is 6. The third kappa shape index (κ3) is 5.78. The molecule has 0 fully saturated rings. The predicted octanol–water partition coefficient (Wildman–Crippen LogP) is 18.0. The number of benzene rings is 12. The molecule has 2 heterocycles. The molecule has 0 saturated heterocycles. The fourth-order valence-corrected chi connectivity index (χ4v) is 11.4. The smallest absolute Gasteiger partial charge is 0.0547 e. The van der Waals surface area contributed by atoms with E-state index in [-0.39, 0.29) is 0 Å². The summed E-state index contributed by atoms with van der Waals surface area (Å²) in [5.74, 6) is 0. The Labute approximate surface area is 393 Å². The number of nitrogens with zero attached hydrogens (tertiary/aromatic N) is 2. The first-order valence-electron chi connectivity index (χ1n) is 23.5. The minimum absolute atomic E-state index is 1.15. The summed E-state index contributed by atoms with van der Waals surface area (Å²) in [4.78, 5) is 0. The van der Waals surface area contributed by atoms with Crippen molar-refractivity contribution in [3.63, 3.8) is 0 Å². The average Bonchev–Trinajstić information content (AvgIpc) is 3.94. The molecule has 0 aliphatic carbocycles. The second-order valence-electron chi connectivity index (χ2n) is 17.9. The van der Waals surface area contributed by atoms with E-state index in [0.717, 1.165) is 11.4 Å². The second-order valence-corrected chi connectivity index (χ2v) is 17.9. The minimum atomic E-state index is 1.15. The SMILES string of the molecule is c1ccc(-c2cc(-c3c4cccc(-c5cccc6c5c5ccccc5n6-c5ccccc5)c4cc4c(-c5cccc6c5c5ccccc5n6-c5ccccc5)cccc34)c3ccccc3c2)cc1. The molecule has 14 rings (SSSR count). The maximum Gasteiger partial charge on any atom is 0.0547 e. The number of hydrogen-bond acceptors (Lipinski definition) is 0. The molecule has 2 aromatic heterocycles. The Morgan fingerprint density at radius 3 is 1.18 bits per heavy atom. The van der Waals surface area contributed by atoms with E-state index in [2.05, 4.69) is 264 Å². The maximum absolute atomic E-state index is 2.51. The summed E-state index contributed by atoms with van der Waals surface area (Å²) in [6.07, 6.45) is 0. The molecule has 0 saturated carbocycles. The van der Waals surface area contributed by atoms with Gasteiger partial charge in [0.15, 0.2) is 0 Å². The van der Waals surface area contributed by atoms with E-state index >= 15 is 0 Å². The first kappa shape index (κ1) is 38.3. The van der Waals surface area contributed by atoms with Gasteiger partial charge in [0.2, 0.25) is 0 Å². The Kier molecular flexibility index (Phi) is 8.62. The molecule has 0 amide bonds. The van der Waals surface area contributed by atoms with Crippen LogP contribution < -0.4 is 0 Å². The molecular weight excluding hydrogens is 821 g/mol. The van der Waals surface area contributed by atoms with Gasteiger partial charge in [-0.3, -0.25) is 0 Å². The summed E-state index contributed by atoms with van der Waals surface area (Å²) in [5.41, 5.74) is 16.8. The van der Waals surface area contributed by atoms with Crippen molar-refractivity contribution in [2.75, 3.05) is 0 Å². The Hall–Kier alpha value is -8.98. The zero-order chi connectivity index (χ0) is 44.7. The molecule has 0 aliphatic rings. The standard InChI is InChI=1S/C66H42N2/c1-4-20-43(21-5-1)45-40-44-22-10-11-27-48(44)59(41-45)64-53-32-16-30-49(51-34-18-38-62-65(51)55-28-12-14-36-60(55)67(62)46-23-6-2-7-24-46)57(53)42-58-50(31-17-33-54(58)64)52-35-19-39-63-66(52)56-29-13-15-37-61(56)68(63)47-25-8-3-9-26-47/h1-42H. The van der Waals surface area contributed by atoms with E-state index in [9.17, 15) is 0 Å². The summed E-state index contributed by atoms with van der Waals surface area (Å²) in [5, 5.41) is 12.3. The van der Waals surface area contributed by atoms with Gasteiger partial charge in [0.05, 0.1) is 22.1 Å². The van der Waals surface area contributed by atoms with E-state index in [1.54, 1.807) is 0 Å².